The van der Waals surface area contributed by atoms with Crippen LogP contribution in [0.25, 0.3) is 0 Å². The Labute approximate surface area is 228 Å². The molecule has 8 nitrogen and oxygen atoms in total. The Balaban J connectivity index is 0.000000380. The van der Waals surface area contributed by atoms with E-state index < -0.39 is 43.7 Å². The SMILES string of the molecule is CC(C)Cc1ccc([C@@H](C)C(=O)NS(C)(=O)=O)cc1.CC(C)Cc1ccc([C@@H](C)C(=O)NS(C)(=O)=O)cc1. The third-order valence-electron chi connectivity index (χ3n) is 5.61. The van der Waals surface area contributed by atoms with Gasteiger partial charge in [0.15, 0.2) is 0 Å². The summed E-state index contributed by atoms with van der Waals surface area (Å²) in [4.78, 5) is 23.5. The maximum atomic E-state index is 11.7. The number of nitrogens with one attached hydrogen (secondary N) is 2. The van der Waals surface area contributed by atoms with Crippen LogP contribution >= 0.6 is 0 Å². The zero-order valence-electron chi connectivity index (χ0n) is 23.6. The van der Waals surface area contributed by atoms with Crippen LogP contribution in [0.3, 0.4) is 0 Å². The van der Waals surface area contributed by atoms with Crippen LogP contribution in [-0.4, -0.2) is 41.2 Å². The second-order valence-electron chi connectivity index (χ2n) is 10.6. The van der Waals surface area contributed by atoms with Crippen molar-refractivity contribution >= 4 is 31.9 Å². The van der Waals surface area contributed by atoms with Gasteiger partial charge >= 0.3 is 0 Å². The fourth-order valence-corrected chi connectivity index (χ4v) is 4.76. The van der Waals surface area contributed by atoms with Crippen LogP contribution in [0.15, 0.2) is 48.5 Å². The van der Waals surface area contributed by atoms with Crippen LogP contribution in [0.1, 0.15) is 75.6 Å². The number of carbonyl (C=O) groups is 2. The number of carbonyl (C=O) groups excluding carboxylic acids is 2. The van der Waals surface area contributed by atoms with Crippen LogP contribution in [0.4, 0.5) is 0 Å². The van der Waals surface area contributed by atoms with Gasteiger partial charge in [-0.1, -0.05) is 76.2 Å². The highest BCUT2D eigenvalue weighted by Crippen LogP contribution is 2.19. The summed E-state index contributed by atoms with van der Waals surface area (Å²) in [5.41, 5.74) is 4.06. The molecule has 2 atom stereocenters. The topological polar surface area (TPSA) is 126 Å². The average molecular weight is 567 g/mol. The summed E-state index contributed by atoms with van der Waals surface area (Å²) in [5.74, 6) is -0.808. The Hall–Kier alpha value is -2.72. The first-order chi connectivity index (χ1) is 17.4. The maximum absolute atomic E-state index is 11.7. The lowest BCUT2D eigenvalue weighted by Gasteiger charge is -2.12. The Morgan fingerprint density at radius 1 is 0.579 bits per heavy atom. The van der Waals surface area contributed by atoms with E-state index in [0.717, 1.165) is 36.5 Å². The summed E-state index contributed by atoms with van der Waals surface area (Å²) >= 11 is 0. The Morgan fingerprint density at radius 3 is 1.05 bits per heavy atom. The van der Waals surface area contributed by atoms with Crippen molar-refractivity contribution < 1.29 is 26.4 Å². The lowest BCUT2D eigenvalue weighted by molar-refractivity contribution is -0.121. The Kier molecular flexibility index (Phi) is 12.7. The molecule has 0 unspecified atom stereocenters. The first-order valence-electron chi connectivity index (χ1n) is 12.6. The van der Waals surface area contributed by atoms with Crippen LogP contribution < -0.4 is 9.44 Å². The highest BCUT2D eigenvalue weighted by Gasteiger charge is 2.19. The molecule has 0 spiro atoms. The third kappa shape index (κ3) is 13.2. The second kappa shape index (κ2) is 14.4. The molecule has 10 heteroatoms. The standard InChI is InChI=1S/2C14H21NO3S/c2*1-10(2)9-12-5-7-13(8-6-12)11(3)14(16)15-19(4,17)18/h2*5-8,10-11H,9H2,1-4H3,(H,15,16)/t2*11-/m11/s1. The molecule has 2 amide bonds. The van der Waals surface area contributed by atoms with Gasteiger partial charge in [-0.15, -0.1) is 0 Å². The van der Waals surface area contributed by atoms with E-state index in [0.29, 0.717) is 11.8 Å². The van der Waals surface area contributed by atoms with E-state index in [-0.39, 0.29) is 0 Å². The van der Waals surface area contributed by atoms with Crippen LogP contribution in [0, 0.1) is 11.8 Å². The summed E-state index contributed by atoms with van der Waals surface area (Å²) in [7, 11) is -7.00. The van der Waals surface area contributed by atoms with Crippen LogP contribution in [0.5, 0.6) is 0 Å². The molecule has 212 valence electrons. The summed E-state index contributed by atoms with van der Waals surface area (Å²) in [6.45, 7) is 12.0. The third-order valence-corrected chi connectivity index (χ3v) is 6.75. The molecule has 0 bridgehead atoms. The predicted octanol–water partition coefficient (Wildman–Crippen LogP) is 4.13. The number of amides is 2. The van der Waals surface area contributed by atoms with Gasteiger partial charge < -0.3 is 0 Å². The number of hydrogen-bond donors (Lipinski definition) is 2. The van der Waals surface area contributed by atoms with Crippen molar-refractivity contribution in [3.63, 3.8) is 0 Å². The molecule has 0 heterocycles. The molecule has 0 aromatic heterocycles. The summed E-state index contributed by atoms with van der Waals surface area (Å²) in [6, 6.07) is 15.5. The summed E-state index contributed by atoms with van der Waals surface area (Å²) in [5, 5.41) is 0. The van der Waals surface area contributed by atoms with Crippen molar-refractivity contribution in [1.29, 1.82) is 0 Å². The smallest absolute Gasteiger partial charge is 0.240 e. The fourth-order valence-electron chi connectivity index (χ4n) is 3.67. The van der Waals surface area contributed by atoms with E-state index in [1.54, 1.807) is 13.8 Å². The molecule has 0 saturated heterocycles. The monoisotopic (exact) mass is 566 g/mol. The molecule has 0 fully saturated rings. The van der Waals surface area contributed by atoms with E-state index in [1.165, 1.54) is 11.1 Å². The van der Waals surface area contributed by atoms with Gasteiger partial charge in [0, 0.05) is 0 Å². The maximum Gasteiger partial charge on any atom is 0.240 e. The van der Waals surface area contributed by atoms with Crippen molar-refractivity contribution in [3.8, 4) is 0 Å². The van der Waals surface area contributed by atoms with Crippen LogP contribution in [0.2, 0.25) is 0 Å². The fraction of sp³-hybridized carbons (Fsp3) is 0.500. The van der Waals surface area contributed by atoms with Gasteiger partial charge in [-0.05, 0) is 60.8 Å². The van der Waals surface area contributed by atoms with E-state index in [4.69, 9.17) is 0 Å². The first kappa shape index (κ1) is 33.3. The van der Waals surface area contributed by atoms with Crippen molar-refractivity contribution in [2.45, 2.75) is 66.2 Å². The number of sulfonamides is 2. The Bertz CT molecular complexity index is 1170. The summed E-state index contributed by atoms with van der Waals surface area (Å²) < 4.78 is 48.1. The largest absolute Gasteiger partial charge is 0.273 e. The van der Waals surface area contributed by atoms with Gasteiger partial charge in [-0.25, -0.2) is 16.8 Å². The van der Waals surface area contributed by atoms with Gasteiger partial charge in [-0.2, -0.15) is 0 Å². The molecule has 2 aromatic rings. The molecular formula is C28H42N2O6S2. The van der Waals surface area contributed by atoms with E-state index in [9.17, 15) is 26.4 Å². The Morgan fingerprint density at radius 2 is 0.842 bits per heavy atom. The van der Waals surface area contributed by atoms with E-state index in [2.05, 4.69) is 27.7 Å². The molecule has 0 radical (unpaired) electrons. The molecule has 0 saturated carbocycles. The zero-order chi connectivity index (χ0) is 29.3. The van der Waals surface area contributed by atoms with Crippen molar-refractivity contribution in [2.75, 3.05) is 12.5 Å². The lowest BCUT2D eigenvalue weighted by Crippen LogP contribution is -2.32. The van der Waals surface area contributed by atoms with Gasteiger partial charge in [0.05, 0.1) is 24.3 Å². The number of hydrogen-bond acceptors (Lipinski definition) is 6. The van der Waals surface area contributed by atoms with Gasteiger partial charge in [0.25, 0.3) is 0 Å². The lowest BCUT2D eigenvalue weighted by atomic mass is 9.96. The first-order valence-corrected chi connectivity index (χ1v) is 16.4. The zero-order valence-corrected chi connectivity index (χ0v) is 25.2. The highest BCUT2D eigenvalue weighted by atomic mass is 32.2. The minimum absolute atomic E-state index is 0.483. The number of benzene rings is 2. The minimum Gasteiger partial charge on any atom is -0.273 e. The van der Waals surface area contributed by atoms with Gasteiger partial charge in [-0.3, -0.25) is 19.0 Å². The molecule has 2 aromatic carbocycles. The second-order valence-corrected chi connectivity index (χ2v) is 14.1. The predicted molar refractivity (Wildman–Crippen MR) is 153 cm³/mol. The molecular weight excluding hydrogens is 524 g/mol. The normalized spacial score (nSPS) is 13.3. The molecule has 2 rings (SSSR count). The van der Waals surface area contributed by atoms with Crippen molar-refractivity contribution in [2.24, 2.45) is 11.8 Å². The molecule has 0 aliphatic heterocycles. The summed E-state index contributed by atoms with van der Waals surface area (Å²) in [6.07, 6.45) is 3.93. The van der Waals surface area contributed by atoms with Crippen molar-refractivity contribution in [1.82, 2.24) is 9.44 Å². The van der Waals surface area contributed by atoms with E-state index in [1.807, 2.05) is 58.0 Å². The molecule has 2 N–H and O–H groups in total. The molecule has 0 aliphatic rings. The van der Waals surface area contributed by atoms with Crippen LogP contribution in [-0.2, 0) is 42.5 Å². The molecule has 0 aliphatic carbocycles. The minimum atomic E-state index is -3.50. The average Bonchev–Trinajstić information content (AvgIpc) is 2.76. The van der Waals surface area contributed by atoms with Gasteiger partial charge in [0.2, 0.25) is 31.9 Å². The quantitative estimate of drug-likeness (QED) is 0.445. The highest BCUT2D eigenvalue weighted by molar-refractivity contribution is 7.89. The van der Waals surface area contributed by atoms with Crippen molar-refractivity contribution in [3.05, 3.63) is 70.8 Å². The molecule has 38 heavy (non-hydrogen) atoms. The van der Waals surface area contributed by atoms with Gasteiger partial charge in [0.1, 0.15) is 0 Å². The van der Waals surface area contributed by atoms with E-state index >= 15 is 0 Å². The number of rotatable bonds is 10.